The summed E-state index contributed by atoms with van der Waals surface area (Å²) in [4.78, 5) is 8.12. The van der Waals surface area contributed by atoms with Gasteiger partial charge in [0.05, 0.1) is 0 Å². The van der Waals surface area contributed by atoms with Gasteiger partial charge in [-0.05, 0) is 35.2 Å². The number of pyridine rings is 2. The van der Waals surface area contributed by atoms with E-state index in [0.717, 1.165) is 32.9 Å². The zero-order valence-electron chi connectivity index (χ0n) is 18.0. The van der Waals surface area contributed by atoms with Crippen molar-refractivity contribution in [3.63, 3.8) is 0 Å². The van der Waals surface area contributed by atoms with Gasteiger partial charge in [0.2, 0.25) is 11.8 Å². The number of fused-ring (bicyclic) bond motifs is 3. The summed E-state index contributed by atoms with van der Waals surface area (Å²) in [7, 11) is 0. The van der Waals surface area contributed by atoms with Gasteiger partial charge in [-0.15, -0.1) is 18.2 Å². The Bertz CT molecular complexity index is 1680. The summed E-state index contributed by atoms with van der Waals surface area (Å²) in [5, 5.41) is 1.99. The van der Waals surface area contributed by atoms with Crippen LogP contribution in [0.3, 0.4) is 0 Å². The fraction of sp³-hybridized carbons (Fsp3) is 0. The summed E-state index contributed by atoms with van der Waals surface area (Å²) >= 11 is 0. The Morgan fingerprint density at radius 3 is 2.46 bits per heavy atom. The second-order valence-electron chi connectivity index (χ2n) is 7.65. The molecule has 0 aliphatic rings. The largest absolute Gasteiger partial charge is 2.00 e. The number of ether oxygens (including phenoxy) is 1. The maximum absolute atomic E-state index is 14.0. The van der Waals surface area contributed by atoms with Crippen LogP contribution in [-0.4, -0.2) is 14.5 Å². The maximum atomic E-state index is 14.0. The number of para-hydroxylation sites is 1. The number of nitrogens with zero attached hydrogens (tertiary/aromatic N) is 3. The predicted octanol–water partition coefficient (Wildman–Crippen LogP) is 6.91. The van der Waals surface area contributed by atoms with Gasteiger partial charge in [-0.25, -0.2) is 25.5 Å². The molecule has 3 aromatic heterocycles. The van der Waals surface area contributed by atoms with E-state index in [1.54, 1.807) is 18.2 Å². The first-order chi connectivity index (χ1) is 16.7. The fourth-order valence-electron chi connectivity index (χ4n) is 4.03. The third-order valence-electron chi connectivity index (χ3n) is 5.48. The van der Waals surface area contributed by atoms with Gasteiger partial charge in [0.1, 0.15) is 11.6 Å². The Kier molecular flexibility index (Phi) is 6.14. The van der Waals surface area contributed by atoms with Crippen LogP contribution in [0, 0.1) is 23.9 Å². The molecular formula is C28H15F2N3OPt. The van der Waals surface area contributed by atoms with Crippen LogP contribution < -0.4 is 4.74 Å². The molecule has 0 N–H and O–H groups in total. The summed E-state index contributed by atoms with van der Waals surface area (Å²) in [6.07, 6.45) is 1.34. The first-order valence-electron chi connectivity index (χ1n) is 10.6. The molecule has 35 heavy (non-hydrogen) atoms. The van der Waals surface area contributed by atoms with Gasteiger partial charge in [-0.2, -0.15) is 28.7 Å². The molecule has 0 saturated carbocycles. The smallest absolute Gasteiger partial charge is 0.460 e. The van der Waals surface area contributed by atoms with Crippen LogP contribution >= 0.6 is 0 Å². The average Bonchev–Trinajstić information content (AvgIpc) is 3.18. The molecule has 0 fully saturated rings. The van der Waals surface area contributed by atoms with Gasteiger partial charge >= 0.3 is 21.1 Å². The van der Waals surface area contributed by atoms with E-state index < -0.39 is 11.8 Å². The fourth-order valence-corrected chi connectivity index (χ4v) is 4.03. The van der Waals surface area contributed by atoms with E-state index >= 15 is 0 Å². The molecule has 4 nitrogen and oxygen atoms in total. The molecule has 6 rings (SSSR count). The van der Waals surface area contributed by atoms with Crippen LogP contribution in [0.5, 0.6) is 11.6 Å². The molecule has 3 aromatic carbocycles. The molecule has 6 aromatic rings. The first-order valence-corrected chi connectivity index (χ1v) is 10.6. The molecule has 3 heterocycles. The standard InChI is InChI=1S/C28H15F2N3O.Pt/c29-20-13-14-31-28(17-20)34-21-6-3-5-18(15-21)19-11-12-23-22-7-1-2-8-24(22)33(25(23)16-19)27-10-4-9-26(30)32-27;/h1-14,17H;/q-2;+2. The number of halogens is 2. The summed E-state index contributed by atoms with van der Waals surface area (Å²) in [5.74, 6) is 0.0295. The number of aromatic nitrogens is 3. The second-order valence-corrected chi connectivity index (χ2v) is 7.65. The minimum Gasteiger partial charge on any atom is -0.460 e. The zero-order chi connectivity index (χ0) is 23.1. The molecule has 0 aliphatic carbocycles. The maximum Gasteiger partial charge on any atom is 2.00 e. The molecule has 0 spiro atoms. The van der Waals surface area contributed by atoms with Crippen molar-refractivity contribution >= 4 is 21.8 Å². The molecule has 0 saturated heterocycles. The summed E-state index contributed by atoms with van der Waals surface area (Å²) in [6, 6.07) is 31.1. The van der Waals surface area contributed by atoms with E-state index in [1.807, 2.05) is 53.1 Å². The molecular weight excluding hydrogens is 627 g/mol. The SMILES string of the molecule is Fc1ccnc(Oc2[c-]c(-c3[c-]c4c(cc3)c3ccccc3n4-c3cccc(F)n3)ccc2)c1.[Pt+2]. The molecule has 0 unspecified atom stereocenters. The quantitative estimate of drug-likeness (QED) is 0.155. The molecule has 0 amide bonds. The van der Waals surface area contributed by atoms with Gasteiger partial charge in [0.25, 0.3) is 0 Å². The van der Waals surface area contributed by atoms with Crippen LogP contribution in [0.2, 0.25) is 0 Å². The van der Waals surface area contributed by atoms with E-state index in [1.165, 1.54) is 24.4 Å². The van der Waals surface area contributed by atoms with E-state index in [4.69, 9.17) is 4.74 Å². The van der Waals surface area contributed by atoms with Gasteiger partial charge in [-0.3, -0.25) is 0 Å². The summed E-state index contributed by atoms with van der Waals surface area (Å²) < 4.78 is 35.0. The third-order valence-corrected chi connectivity index (χ3v) is 5.48. The van der Waals surface area contributed by atoms with Crippen LogP contribution in [0.25, 0.3) is 38.8 Å². The average molecular weight is 643 g/mol. The summed E-state index contributed by atoms with van der Waals surface area (Å²) in [5.41, 5.74) is 3.18. The van der Waals surface area contributed by atoms with E-state index in [-0.39, 0.29) is 26.9 Å². The number of benzene rings is 3. The molecule has 0 bridgehead atoms. The van der Waals surface area contributed by atoms with E-state index in [9.17, 15) is 8.78 Å². The monoisotopic (exact) mass is 642 g/mol. The second kappa shape index (κ2) is 9.40. The number of rotatable bonds is 4. The Morgan fingerprint density at radius 1 is 0.771 bits per heavy atom. The molecule has 0 atom stereocenters. The van der Waals surface area contributed by atoms with Crippen molar-refractivity contribution in [2.45, 2.75) is 0 Å². The topological polar surface area (TPSA) is 39.9 Å². The minimum absolute atomic E-state index is 0. The van der Waals surface area contributed by atoms with Crippen molar-refractivity contribution in [2.24, 2.45) is 0 Å². The van der Waals surface area contributed by atoms with Crippen molar-refractivity contribution in [1.29, 1.82) is 0 Å². The van der Waals surface area contributed by atoms with Gasteiger partial charge < -0.3 is 9.30 Å². The Hall–Kier alpha value is -3.89. The molecule has 0 aliphatic heterocycles. The van der Waals surface area contributed by atoms with E-state index in [0.29, 0.717) is 11.6 Å². The summed E-state index contributed by atoms with van der Waals surface area (Å²) in [6.45, 7) is 0. The Labute approximate surface area is 214 Å². The van der Waals surface area contributed by atoms with Crippen molar-refractivity contribution in [3.05, 3.63) is 115 Å². The molecule has 7 heteroatoms. The van der Waals surface area contributed by atoms with Gasteiger partial charge in [0.15, 0.2) is 0 Å². The van der Waals surface area contributed by atoms with Gasteiger partial charge in [-0.1, -0.05) is 29.7 Å². The third kappa shape index (κ3) is 4.33. The van der Waals surface area contributed by atoms with Crippen molar-refractivity contribution < 1.29 is 34.6 Å². The number of hydrogen-bond acceptors (Lipinski definition) is 3. The van der Waals surface area contributed by atoms with Crippen molar-refractivity contribution in [1.82, 2.24) is 14.5 Å². The van der Waals surface area contributed by atoms with Crippen LogP contribution in [-0.2, 0) is 21.1 Å². The first kappa shape index (κ1) is 22.9. The van der Waals surface area contributed by atoms with Crippen molar-refractivity contribution in [3.8, 4) is 28.6 Å². The van der Waals surface area contributed by atoms with Crippen LogP contribution in [0.15, 0.2) is 91.1 Å². The Balaban J connectivity index is 0.00000253. The predicted molar refractivity (Wildman–Crippen MR) is 126 cm³/mol. The molecule has 0 radical (unpaired) electrons. The van der Waals surface area contributed by atoms with Crippen LogP contribution in [0.1, 0.15) is 0 Å². The Morgan fingerprint density at radius 2 is 1.60 bits per heavy atom. The van der Waals surface area contributed by atoms with Gasteiger partial charge in [0, 0.05) is 23.5 Å². The normalized spacial score (nSPS) is 10.9. The minimum atomic E-state index is -0.552. The molecule has 172 valence electrons. The van der Waals surface area contributed by atoms with Crippen LogP contribution in [0.4, 0.5) is 8.78 Å². The van der Waals surface area contributed by atoms with E-state index in [2.05, 4.69) is 22.1 Å². The number of hydrogen-bond donors (Lipinski definition) is 0. The van der Waals surface area contributed by atoms with Crippen molar-refractivity contribution in [2.75, 3.05) is 0 Å². The zero-order valence-corrected chi connectivity index (χ0v) is 20.3.